The van der Waals surface area contributed by atoms with Gasteiger partial charge < -0.3 is 10.6 Å². The van der Waals surface area contributed by atoms with Crippen LogP contribution in [-0.2, 0) is 16.0 Å². The first-order valence-electron chi connectivity index (χ1n) is 4.34. The van der Waals surface area contributed by atoms with Gasteiger partial charge in [0.1, 0.15) is 6.04 Å². The lowest BCUT2D eigenvalue weighted by Crippen LogP contribution is -2.56. The molecular formula is C9H10N2O2S. The predicted molar refractivity (Wildman–Crippen MR) is 53.0 cm³/mol. The molecule has 74 valence electrons. The highest BCUT2D eigenvalue weighted by Crippen LogP contribution is 2.09. The smallest absolute Gasteiger partial charge is 0.243 e. The van der Waals surface area contributed by atoms with Gasteiger partial charge in [-0.1, -0.05) is 0 Å². The van der Waals surface area contributed by atoms with Crippen molar-refractivity contribution in [3.8, 4) is 0 Å². The van der Waals surface area contributed by atoms with Crippen molar-refractivity contribution in [1.29, 1.82) is 0 Å². The molecule has 0 aliphatic carbocycles. The average Bonchev–Trinajstić information content (AvgIpc) is 2.64. The maximum Gasteiger partial charge on any atom is 0.243 e. The van der Waals surface area contributed by atoms with E-state index in [9.17, 15) is 9.59 Å². The third-order valence-corrected chi connectivity index (χ3v) is 2.83. The summed E-state index contributed by atoms with van der Waals surface area (Å²) >= 11 is 1.59. The van der Waals surface area contributed by atoms with E-state index in [-0.39, 0.29) is 18.4 Å². The van der Waals surface area contributed by atoms with Gasteiger partial charge >= 0.3 is 0 Å². The molecular weight excluding hydrogens is 200 g/mol. The highest BCUT2D eigenvalue weighted by molar-refractivity contribution is 7.07. The van der Waals surface area contributed by atoms with E-state index in [0.717, 1.165) is 5.56 Å². The lowest BCUT2D eigenvalue weighted by atomic mass is 10.1. The molecule has 2 amide bonds. The molecule has 0 aromatic carbocycles. The van der Waals surface area contributed by atoms with Gasteiger partial charge in [0.2, 0.25) is 11.8 Å². The Bertz CT molecular complexity index is 348. The van der Waals surface area contributed by atoms with Gasteiger partial charge in [-0.25, -0.2) is 0 Å². The van der Waals surface area contributed by atoms with Crippen LogP contribution in [0.5, 0.6) is 0 Å². The Hall–Kier alpha value is -1.36. The van der Waals surface area contributed by atoms with Gasteiger partial charge in [-0.05, 0) is 22.4 Å². The van der Waals surface area contributed by atoms with Gasteiger partial charge in [0.05, 0.1) is 6.54 Å². The summed E-state index contributed by atoms with van der Waals surface area (Å²) in [6, 6.07) is 1.55. The summed E-state index contributed by atoms with van der Waals surface area (Å²) in [7, 11) is 0. The van der Waals surface area contributed by atoms with Crippen LogP contribution in [0.4, 0.5) is 0 Å². The van der Waals surface area contributed by atoms with Crippen molar-refractivity contribution in [2.75, 3.05) is 6.54 Å². The zero-order chi connectivity index (χ0) is 9.97. The normalized spacial score (nSPS) is 21.6. The molecule has 5 heteroatoms. The number of thiophene rings is 1. The summed E-state index contributed by atoms with van der Waals surface area (Å²) in [5.41, 5.74) is 1.08. The van der Waals surface area contributed by atoms with Crippen LogP contribution in [0.25, 0.3) is 0 Å². The predicted octanol–water partition coefficient (Wildman–Crippen LogP) is -0.0948. The molecule has 1 aliphatic heterocycles. The summed E-state index contributed by atoms with van der Waals surface area (Å²) in [5.74, 6) is -0.222. The van der Waals surface area contributed by atoms with E-state index in [1.807, 2.05) is 16.8 Å². The molecule has 2 rings (SSSR count). The molecule has 2 N–H and O–H groups in total. The fraction of sp³-hybridized carbons (Fsp3) is 0.333. The van der Waals surface area contributed by atoms with E-state index in [1.54, 1.807) is 11.3 Å². The molecule has 1 saturated heterocycles. The topological polar surface area (TPSA) is 58.2 Å². The number of hydrogen-bond donors (Lipinski definition) is 2. The Morgan fingerprint density at radius 2 is 2.36 bits per heavy atom. The molecule has 1 unspecified atom stereocenters. The summed E-state index contributed by atoms with van der Waals surface area (Å²) in [5, 5.41) is 9.14. The lowest BCUT2D eigenvalue weighted by molar-refractivity contribution is -0.133. The SMILES string of the molecule is O=C1CNC(=O)C(Cc2ccsc2)N1. The molecule has 2 heterocycles. The van der Waals surface area contributed by atoms with E-state index in [0.29, 0.717) is 6.42 Å². The van der Waals surface area contributed by atoms with Crippen molar-refractivity contribution in [3.63, 3.8) is 0 Å². The second-order valence-corrected chi connectivity index (χ2v) is 3.95. The molecule has 0 saturated carbocycles. The van der Waals surface area contributed by atoms with E-state index in [1.165, 1.54) is 0 Å². The minimum Gasteiger partial charge on any atom is -0.345 e. The van der Waals surface area contributed by atoms with Crippen LogP contribution in [0.2, 0.25) is 0 Å². The highest BCUT2D eigenvalue weighted by atomic mass is 32.1. The Morgan fingerprint density at radius 3 is 3.07 bits per heavy atom. The molecule has 1 aromatic rings. The van der Waals surface area contributed by atoms with Gasteiger partial charge in [0.15, 0.2) is 0 Å². The first-order chi connectivity index (χ1) is 6.75. The van der Waals surface area contributed by atoms with Gasteiger partial charge in [0.25, 0.3) is 0 Å². The van der Waals surface area contributed by atoms with Gasteiger partial charge in [0, 0.05) is 6.42 Å². The van der Waals surface area contributed by atoms with Crippen LogP contribution < -0.4 is 10.6 Å². The van der Waals surface area contributed by atoms with Gasteiger partial charge in [-0.2, -0.15) is 11.3 Å². The van der Waals surface area contributed by atoms with Crippen LogP contribution in [0.3, 0.4) is 0 Å². The quantitative estimate of drug-likeness (QED) is 0.716. The van der Waals surface area contributed by atoms with Gasteiger partial charge in [-0.3, -0.25) is 9.59 Å². The molecule has 0 spiro atoms. The summed E-state index contributed by atoms with van der Waals surface area (Å²) in [6.07, 6.45) is 0.571. The summed E-state index contributed by atoms with van der Waals surface area (Å²) in [4.78, 5) is 22.4. The number of rotatable bonds is 2. The van der Waals surface area contributed by atoms with Crippen LogP contribution in [0.1, 0.15) is 5.56 Å². The van der Waals surface area contributed by atoms with Crippen molar-refractivity contribution >= 4 is 23.2 Å². The van der Waals surface area contributed by atoms with E-state index >= 15 is 0 Å². The van der Waals surface area contributed by atoms with Crippen LogP contribution in [0.15, 0.2) is 16.8 Å². The number of carbonyl (C=O) groups excluding carboxylic acids is 2. The van der Waals surface area contributed by atoms with Crippen LogP contribution in [-0.4, -0.2) is 24.4 Å². The summed E-state index contributed by atoms with van der Waals surface area (Å²) < 4.78 is 0. The molecule has 4 nitrogen and oxygen atoms in total. The molecule has 0 radical (unpaired) electrons. The minimum atomic E-state index is -0.411. The second kappa shape index (κ2) is 3.79. The molecule has 1 atom stereocenters. The molecule has 1 aliphatic rings. The third-order valence-electron chi connectivity index (χ3n) is 2.09. The fourth-order valence-corrected chi connectivity index (χ4v) is 2.07. The summed E-state index contributed by atoms with van der Waals surface area (Å²) in [6.45, 7) is 0.0962. The van der Waals surface area contributed by atoms with Crippen LogP contribution in [0, 0.1) is 0 Å². The average molecular weight is 210 g/mol. The Kier molecular flexibility index (Phi) is 2.49. The van der Waals surface area contributed by atoms with E-state index < -0.39 is 6.04 Å². The van der Waals surface area contributed by atoms with Crippen molar-refractivity contribution in [2.45, 2.75) is 12.5 Å². The maximum absolute atomic E-state index is 11.3. The maximum atomic E-state index is 11.3. The van der Waals surface area contributed by atoms with E-state index in [4.69, 9.17) is 0 Å². The number of amides is 2. The van der Waals surface area contributed by atoms with Crippen molar-refractivity contribution in [1.82, 2.24) is 10.6 Å². The number of nitrogens with one attached hydrogen (secondary N) is 2. The number of hydrogen-bond acceptors (Lipinski definition) is 3. The van der Waals surface area contributed by atoms with Gasteiger partial charge in [-0.15, -0.1) is 0 Å². The molecule has 1 fully saturated rings. The Morgan fingerprint density at radius 1 is 1.50 bits per heavy atom. The molecule has 14 heavy (non-hydrogen) atoms. The number of piperazine rings is 1. The van der Waals surface area contributed by atoms with Crippen LogP contribution >= 0.6 is 11.3 Å². The van der Waals surface area contributed by atoms with Crippen molar-refractivity contribution in [3.05, 3.63) is 22.4 Å². The lowest BCUT2D eigenvalue weighted by Gasteiger charge is -2.22. The number of carbonyl (C=O) groups is 2. The third kappa shape index (κ3) is 1.93. The first kappa shape index (κ1) is 9.21. The zero-order valence-electron chi connectivity index (χ0n) is 7.45. The second-order valence-electron chi connectivity index (χ2n) is 3.17. The zero-order valence-corrected chi connectivity index (χ0v) is 8.26. The minimum absolute atomic E-state index is 0.0962. The Labute approximate surface area is 85.3 Å². The standard InChI is InChI=1S/C9H10N2O2S/c12-8-4-10-9(13)7(11-8)3-6-1-2-14-5-6/h1-2,5,7H,3-4H2,(H,10,13)(H,11,12). The molecule has 0 bridgehead atoms. The Balaban J connectivity index is 2.02. The van der Waals surface area contributed by atoms with E-state index in [2.05, 4.69) is 10.6 Å². The van der Waals surface area contributed by atoms with Crippen molar-refractivity contribution < 1.29 is 9.59 Å². The largest absolute Gasteiger partial charge is 0.345 e. The van der Waals surface area contributed by atoms with Crippen molar-refractivity contribution in [2.24, 2.45) is 0 Å². The molecule has 1 aromatic heterocycles. The fourth-order valence-electron chi connectivity index (χ4n) is 1.39. The monoisotopic (exact) mass is 210 g/mol. The highest BCUT2D eigenvalue weighted by Gasteiger charge is 2.25. The first-order valence-corrected chi connectivity index (χ1v) is 5.28.